The fourth-order valence-corrected chi connectivity index (χ4v) is 1.80. The summed E-state index contributed by atoms with van der Waals surface area (Å²) in [4.78, 5) is 11.8. The molecular weight excluding hydrogens is 278 g/mol. The SMILES string of the molecule is CC(O)C(Cc1ccc(Cl)cc1)NC(=O)OC(C)(C)C. The van der Waals surface area contributed by atoms with E-state index in [9.17, 15) is 9.90 Å². The molecule has 4 nitrogen and oxygen atoms in total. The summed E-state index contributed by atoms with van der Waals surface area (Å²) in [7, 11) is 0. The smallest absolute Gasteiger partial charge is 0.407 e. The maximum Gasteiger partial charge on any atom is 0.407 e. The van der Waals surface area contributed by atoms with Crippen LogP contribution in [0.25, 0.3) is 0 Å². The second kappa shape index (κ2) is 6.95. The fraction of sp³-hybridized carbons (Fsp3) is 0.533. The molecule has 0 radical (unpaired) electrons. The summed E-state index contributed by atoms with van der Waals surface area (Å²) in [6.45, 7) is 7.02. The first-order chi connectivity index (χ1) is 9.17. The Labute approximate surface area is 125 Å². The number of hydrogen-bond donors (Lipinski definition) is 2. The lowest BCUT2D eigenvalue weighted by Crippen LogP contribution is -2.45. The van der Waals surface area contributed by atoms with Crippen molar-refractivity contribution in [1.82, 2.24) is 5.32 Å². The number of hydrogen-bond acceptors (Lipinski definition) is 3. The van der Waals surface area contributed by atoms with Crippen LogP contribution in [0.15, 0.2) is 24.3 Å². The van der Waals surface area contributed by atoms with Gasteiger partial charge in [0.1, 0.15) is 5.60 Å². The monoisotopic (exact) mass is 299 g/mol. The van der Waals surface area contributed by atoms with Gasteiger partial charge in [-0.2, -0.15) is 0 Å². The van der Waals surface area contributed by atoms with Gasteiger partial charge in [-0.05, 0) is 51.8 Å². The van der Waals surface area contributed by atoms with Crippen molar-refractivity contribution >= 4 is 17.7 Å². The first-order valence-corrected chi connectivity index (χ1v) is 6.97. The highest BCUT2D eigenvalue weighted by Gasteiger charge is 2.22. The molecule has 1 aromatic rings. The van der Waals surface area contributed by atoms with Crippen molar-refractivity contribution in [3.63, 3.8) is 0 Å². The second-order valence-electron chi connectivity index (χ2n) is 5.82. The van der Waals surface area contributed by atoms with Gasteiger partial charge in [-0.3, -0.25) is 0 Å². The lowest BCUT2D eigenvalue weighted by molar-refractivity contribution is 0.0437. The van der Waals surface area contributed by atoms with Crippen molar-refractivity contribution in [2.45, 2.75) is 51.9 Å². The van der Waals surface area contributed by atoms with Crippen LogP contribution in [0.4, 0.5) is 4.79 Å². The van der Waals surface area contributed by atoms with Crippen LogP contribution in [-0.2, 0) is 11.2 Å². The van der Waals surface area contributed by atoms with Crippen LogP contribution < -0.4 is 5.32 Å². The number of ether oxygens (including phenoxy) is 1. The quantitative estimate of drug-likeness (QED) is 0.898. The van der Waals surface area contributed by atoms with Crippen molar-refractivity contribution in [3.05, 3.63) is 34.9 Å². The molecule has 0 saturated carbocycles. The van der Waals surface area contributed by atoms with E-state index in [1.165, 1.54) is 0 Å². The molecule has 2 unspecified atom stereocenters. The summed E-state index contributed by atoms with van der Waals surface area (Å²) in [5.41, 5.74) is 0.421. The molecule has 5 heteroatoms. The molecule has 1 aromatic carbocycles. The van der Waals surface area contributed by atoms with Gasteiger partial charge < -0.3 is 15.2 Å². The summed E-state index contributed by atoms with van der Waals surface area (Å²) in [6.07, 6.45) is -0.704. The summed E-state index contributed by atoms with van der Waals surface area (Å²) in [6, 6.07) is 6.89. The highest BCUT2D eigenvalue weighted by atomic mass is 35.5. The predicted octanol–water partition coefficient (Wildman–Crippen LogP) is 3.16. The van der Waals surface area contributed by atoms with Gasteiger partial charge in [0.05, 0.1) is 12.1 Å². The maximum absolute atomic E-state index is 11.8. The van der Waals surface area contributed by atoms with Crippen LogP contribution in [0, 0.1) is 0 Å². The minimum atomic E-state index is -0.682. The summed E-state index contributed by atoms with van der Waals surface area (Å²) in [5.74, 6) is 0. The van der Waals surface area contributed by atoms with E-state index in [0.717, 1.165) is 5.56 Å². The number of benzene rings is 1. The zero-order valence-corrected chi connectivity index (χ0v) is 13.1. The molecule has 1 amide bonds. The number of halogens is 1. The summed E-state index contributed by atoms with van der Waals surface area (Å²) in [5, 5.41) is 13.1. The molecule has 2 N–H and O–H groups in total. The van der Waals surface area contributed by atoms with Gasteiger partial charge in [0.15, 0.2) is 0 Å². The Bertz CT molecular complexity index is 437. The Morgan fingerprint density at radius 3 is 2.35 bits per heavy atom. The number of aliphatic hydroxyl groups is 1. The highest BCUT2D eigenvalue weighted by molar-refractivity contribution is 6.30. The zero-order valence-electron chi connectivity index (χ0n) is 12.3. The molecule has 0 aliphatic heterocycles. The van der Waals surface area contributed by atoms with Crippen LogP contribution in [-0.4, -0.2) is 28.9 Å². The topological polar surface area (TPSA) is 58.6 Å². The molecule has 0 spiro atoms. The maximum atomic E-state index is 11.8. The average molecular weight is 300 g/mol. The number of aliphatic hydroxyl groups excluding tert-OH is 1. The molecule has 0 saturated heterocycles. The number of alkyl carbamates (subject to hydrolysis) is 1. The van der Waals surface area contributed by atoms with E-state index < -0.39 is 23.8 Å². The number of amides is 1. The van der Waals surface area contributed by atoms with Crippen molar-refractivity contribution in [3.8, 4) is 0 Å². The van der Waals surface area contributed by atoms with Gasteiger partial charge in [0.2, 0.25) is 0 Å². The number of carbonyl (C=O) groups is 1. The Morgan fingerprint density at radius 1 is 1.35 bits per heavy atom. The molecule has 2 atom stereocenters. The number of carbonyl (C=O) groups excluding carboxylic acids is 1. The second-order valence-corrected chi connectivity index (χ2v) is 6.26. The Morgan fingerprint density at radius 2 is 1.90 bits per heavy atom. The Hall–Kier alpha value is -1.26. The van der Waals surface area contributed by atoms with Gasteiger partial charge in [-0.15, -0.1) is 0 Å². The molecule has 0 heterocycles. The molecule has 20 heavy (non-hydrogen) atoms. The van der Waals surface area contributed by atoms with Crippen LogP contribution in [0.2, 0.25) is 5.02 Å². The van der Waals surface area contributed by atoms with Crippen molar-refractivity contribution in [1.29, 1.82) is 0 Å². The van der Waals surface area contributed by atoms with Crippen LogP contribution in [0.1, 0.15) is 33.3 Å². The highest BCUT2D eigenvalue weighted by Crippen LogP contribution is 2.13. The van der Waals surface area contributed by atoms with E-state index in [1.54, 1.807) is 39.8 Å². The molecule has 1 rings (SSSR count). The third-order valence-electron chi connectivity index (χ3n) is 2.65. The van der Waals surface area contributed by atoms with Gasteiger partial charge in [0, 0.05) is 5.02 Å². The summed E-state index contributed by atoms with van der Waals surface area (Å²) < 4.78 is 5.19. The third-order valence-corrected chi connectivity index (χ3v) is 2.91. The van der Waals surface area contributed by atoms with E-state index in [-0.39, 0.29) is 0 Å². The molecule has 0 aromatic heterocycles. The zero-order chi connectivity index (χ0) is 15.3. The molecule has 0 aliphatic rings. The molecule has 0 bridgehead atoms. The minimum absolute atomic E-state index is 0.411. The third kappa shape index (κ3) is 6.26. The lowest BCUT2D eigenvalue weighted by Gasteiger charge is -2.25. The van der Waals surface area contributed by atoms with E-state index in [2.05, 4.69) is 5.32 Å². The molecular formula is C15H22ClNO3. The Balaban J connectivity index is 2.65. The largest absolute Gasteiger partial charge is 0.444 e. The molecule has 112 valence electrons. The van der Waals surface area contributed by atoms with Gasteiger partial charge >= 0.3 is 6.09 Å². The van der Waals surface area contributed by atoms with Gasteiger partial charge in [-0.1, -0.05) is 23.7 Å². The van der Waals surface area contributed by atoms with Gasteiger partial charge in [0.25, 0.3) is 0 Å². The summed E-state index contributed by atoms with van der Waals surface area (Å²) >= 11 is 5.83. The van der Waals surface area contributed by atoms with Crippen molar-refractivity contribution < 1.29 is 14.6 Å². The number of rotatable bonds is 4. The van der Waals surface area contributed by atoms with Crippen LogP contribution in [0.3, 0.4) is 0 Å². The molecule has 0 aliphatic carbocycles. The van der Waals surface area contributed by atoms with E-state index in [4.69, 9.17) is 16.3 Å². The van der Waals surface area contributed by atoms with E-state index in [1.807, 2.05) is 12.1 Å². The normalized spacial score (nSPS) is 14.5. The minimum Gasteiger partial charge on any atom is -0.444 e. The predicted molar refractivity (Wildman–Crippen MR) is 80.0 cm³/mol. The number of nitrogens with one attached hydrogen (secondary N) is 1. The van der Waals surface area contributed by atoms with E-state index in [0.29, 0.717) is 11.4 Å². The average Bonchev–Trinajstić information content (AvgIpc) is 2.28. The standard InChI is InChI=1S/C15H22ClNO3/c1-10(18)13(17-14(19)20-15(2,3)4)9-11-5-7-12(16)8-6-11/h5-8,10,13,18H,9H2,1-4H3,(H,17,19). The van der Waals surface area contributed by atoms with E-state index >= 15 is 0 Å². The molecule has 0 fully saturated rings. The van der Waals surface area contributed by atoms with Crippen LogP contribution in [0.5, 0.6) is 0 Å². The van der Waals surface area contributed by atoms with Gasteiger partial charge in [-0.25, -0.2) is 4.79 Å². The first-order valence-electron chi connectivity index (χ1n) is 6.59. The lowest BCUT2D eigenvalue weighted by atomic mass is 10.0. The fourth-order valence-electron chi connectivity index (χ4n) is 1.68. The van der Waals surface area contributed by atoms with Crippen molar-refractivity contribution in [2.24, 2.45) is 0 Å². The first kappa shape index (κ1) is 16.8. The Kier molecular flexibility index (Phi) is 5.84. The van der Waals surface area contributed by atoms with Crippen LogP contribution >= 0.6 is 11.6 Å². The van der Waals surface area contributed by atoms with Crippen molar-refractivity contribution in [2.75, 3.05) is 0 Å².